The molecule has 3 N–H and O–H groups in total. The predicted octanol–water partition coefficient (Wildman–Crippen LogP) is 2.27. The number of hydrogen-bond acceptors (Lipinski definition) is 1. The van der Waals surface area contributed by atoms with E-state index in [9.17, 15) is 0 Å². The predicted molar refractivity (Wildman–Crippen MR) is 63.5 cm³/mol. The smallest absolute Gasteiger partial charge is 0.188 e. The fourth-order valence-electron chi connectivity index (χ4n) is 1.16. The Labute approximate surface area is 88.2 Å². The van der Waals surface area contributed by atoms with E-state index in [1.165, 1.54) is 19.3 Å². The average Bonchev–Trinajstić information content (AvgIpc) is 2.00. The van der Waals surface area contributed by atoms with Crippen LogP contribution in [0.15, 0.2) is 4.99 Å². The maximum atomic E-state index is 5.71. The number of nitrogens with one attached hydrogen (secondary N) is 1. The molecule has 0 atom stereocenters. The van der Waals surface area contributed by atoms with E-state index in [0.717, 1.165) is 13.0 Å². The molecule has 0 aliphatic rings. The van der Waals surface area contributed by atoms with Crippen LogP contribution in [0.4, 0.5) is 0 Å². The van der Waals surface area contributed by atoms with E-state index < -0.39 is 0 Å². The first kappa shape index (κ1) is 13.3. The number of nitrogens with zero attached hydrogens (tertiary/aromatic N) is 1. The van der Waals surface area contributed by atoms with Crippen LogP contribution < -0.4 is 11.1 Å². The van der Waals surface area contributed by atoms with Crippen molar-refractivity contribution in [3.63, 3.8) is 0 Å². The van der Waals surface area contributed by atoms with Gasteiger partial charge in [0.2, 0.25) is 0 Å². The molecule has 0 bridgehead atoms. The molecular formula is C11H25N3. The molecule has 0 aromatic rings. The second-order valence-electron chi connectivity index (χ2n) is 4.70. The highest BCUT2D eigenvalue weighted by Crippen LogP contribution is 1.99. The van der Waals surface area contributed by atoms with E-state index in [-0.39, 0.29) is 5.54 Å². The molecule has 0 aromatic carbocycles. The summed E-state index contributed by atoms with van der Waals surface area (Å²) < 4.78 is 0. The number of nitrogens with two attached hydrogens (primary N) is 1. The quantitative estimate of drug-likeness (QED) is 0.405. The number of unbranched alkanes of at least 4 members (excludes halogenated alkanes) is 3. The molecule has 0 radical (unpaired) electrons. The van der Waals surface area contributed by atoms with E-state index in [2.05, 4.69) is 38.0 Å². The van der Waals surface area contributed by atoms with Gasteiger partial charge < -0.3 is 11.1 Å². The van der Waals surface area contributed by atoms with Gasteiger partial charge in [-0.1, -0.05) is 26.2 Å². The van der Waals surface area contributed by atoms with Gasteiger partial charge in [0.05, 0.1) is 0 Å². The lowest BCUT2D eigenvalue weighted by molar-refractivity contribution is 0.508. The third kappa shape index (κ3) is 9.36. The van der Waals surface area contributed by atoms with Crippen LogP contribution in [-0.2, 0) is 0 Å². The van der Waals surface area contributed by atoms with Crippen molar-refractivity contribution in [2.75, 3.05) is 6.54 Å². The van der Waals surface area contributed by atoms with Gasteiger partial charge in [0.1, 0.15) is 0 Å². The minimum Gasteiger partial charge on any atom is -0.370 e. The highest BCUT2D eigenvalue weighted by molar-refractivity contribution is 5.78. The van der Waals surface area contributed by atoms with E-state index in [1.54, 1.807) is 0 Å². The molecule has 0 aliphatic heterocycles. The minimum atomic E-state index is 0.0109. The van der Waals surface area contributed by atoms with Crippen molar-refractivity contribution in [3.05, 3.63) is 0 Å². The number of guanidine groups is 1. The maximum absolute atomic E-state index is 5.71. The highest BCUT2D eigenvalue weighted by atomic mass is 15.1. The molecule has 3 heteroatoms. The summed E-state index contributed by atoms with van der Waals surface area (Å²) in [6, 6.07) is 0. The first-order chi connectivity index (χ1) is 6.45. The van der Waals surface area contributed by atoms with Gasteiger partial charge in [0.25, 0.3) is 0 Å². The molecule has 0 aliphatic carbocycles. The summed E-state index contributed by atoms with van der Waals surface area (Å²) in [7, 11) is 0. The first-order valence-electron chi connectivity index (χ1n) is 5.54. The normalized spacial score (nSPS) is 13.0. The van der Waals surface area contributed by atoms with E-state index >= 15 is 0 Å². The Bertz CT molecular complexity index is 168. The molecule has 0 heterocycles. The van der Waals surface area contributed by atoms with Crippen molar-refractivity contribution in [3.8, 4) is 0 Å². The van der Waals surface area contributed by atoms with Crippen LogP contribution >= 0.6 is 0 Å². The van der Waals surface area contributed by atoms with Gasteiger partial charge in [0, 0.05) is 12.1 Å². The molecule has 0 unspecified atom stereocenters. The Morgan fingerprint density at radius 2 is 1.86 bits per heavy atom. The molecule has 0 saturated heterocycles. The Kier molecular flexibility index (Phi) is 6.34. The summed E-state index contributed by atoms with van der Waals surface area (Å²) in [5, 5.41) is 3.14. The lowest BCUT2D eigenvalue weighted by Crippen LogP contribution is -2.45. The third-order valence-electron chi connectivity index (χ3n) is 1.80. The summed E-state index contributed by atoms with van der Waals surface area (Å²) in [5.74, 6) is 0.564. The zero-order valence-electron chi connectivity index (χ0n) is 10.1. The van der Waals surface area contributed by atoms with Gasteiger partial charge in [-0.25, -0.2) is 0 Å². The Morgan fingerprint density at radius 3 is 2.36 bits per heavy atom. The summed E-state index contributed by atoms with van der Waals surface area (Å²) >= 11 is 0. The van der Waals surface area contributed by atoms with Crippen molar-refractivity contribution in [1.82, 2.24) is 5.32 Å². The van der Waals surface area contributed by atoms with Crippen molar-refractivity contribution in [2.45, 2.75) is 58.9 Å². The van der Waals surface area contributed by atoms with Crippen molar-refractivity contribution < 1.29 is 0 Å². The Balaban J connectivity index is 3.57. The lowest BCUT2D eigenvalue weighted by atomic mass is 10.1. The van der Waals surface area contributed by atoms with Crippen LogP contribution in [0.25, 0.3) is 0 Å². The van der Waals surface area contributed by atoms with E-state index in [4.69, 9.17) is 5.73 Å². The molecule has 0 amide bonds. The zero-order valence-corrected chi connectivity index (χ0v) is 10.1. The topological polar surface area (TPSA) is 50.4 Å². The molecule has 0 spiro atoms. The minimum absolute atomic E-state index is 0.0109. The highest BCUT2D eigenvalue weighted by Gasteiger charge is 2.09. The Morgan fingerprint density at radius 1 is 1.21 bits per heavy atom. The van der Waals surface area contributed by atoms with Crippen molar-refractivity contribution in [1.29, 1.82) is 0 Å². The lowest BCUT2D eigenvalue weighted by Gasteiger charge is -2.20. The molecule has 3 nitrogen and oxygen atoms in total. The van der Waals surface area contributed by atoms with Gasteiger partial charge in [-0.05, 0) is 27.2 Å². The average molecular weight is 199 g/mol. The van der Waals surface area contributed by atoms with Gasteiger partial charge in [0.15, 0.2) is 5.96 Å². The second-order valence-corrected chi connectivity index (χ2v) is 4.70. The summed E-state index contributed by atoms with van der Waals surface area (Å²) in [6.45, 7) is 9.28. The maximum Gasteiger partial charge on any atom is 0.188 e. The SMILES string of the molecule is CCCCCCN=C(N)NC(C)(C)C. The molecule has 84 valence electrons. The standard InChI is InChI=1S/C11H25N3/c1-5-6-7-8-9-13-10(12)14-11(2,3)4/h5-9H2,1-4H3,(H3,12,13,14). The van der Waals surface area contributed by atoms with Crippen LogP contribution in [0.1, 0.15) is 53.4 Å². The van der Waals surface area contributed by atoms with Crippen LogP contribution in [0.3, 0.4) is 0 Å². The zero-order chi connectivity index (χ0) is 11.0. The molecule has 0 saturated carbocycles. The molecular weight excluding hydrogens is 174 g/mol. The van der Waals surface area contributed by atoms with E-state index in [1.807, 2.05) is 0 Å². The van der Waals surface area contributed by atoms with Gasteiger partial charge in [-0.3, -0.25) is 4.99 Å². The number of aliphatic imine (C=N–C) groups is 1. The third-order valence-corrected chi connectivity index (χ3v) is 1.80. The summed E-state index contributed by atoms with van der Waals surface area (Å²) in [4.78, 5) is 4.26. The second kappa shape index (κ2) is 6.68. The van der Waals surface area contributed by atoms with Crippen LogP contribution in [0.2, 0.25) is 0 Å². The largest absolute Gasteiger partial charge is 0.370 e. The monoisotopic (exact) mass is 199 g/mol. The fraction of sp³-hybridized carbons (Fsp3) is 0.909. The molecule has 14 heavy (non-hydrogen) atoms. The van der Waals surface area contributed by atoms with Crippen LogP contribution in [0, 0.1) is 0 Å². The fourth-order valence-corrected chi connectivity index (χ4v) is 1.16. The van der Waals surface area contributed by atoms with Gasteiger partial charge >= 0.3 is 0 Å². The molecule has 0 rings (SSSR count). The number of hydrogen-bond donors (Lipinski definition) is 2. The van der Waals surface area contributed by atoms with Crippen LogP contribution in [-0.4, -0.2) is 18.0 Å². The van der Waals surface area contributed by atoms with Crippen molar-refractivity contribution in [2.24, 2.45) is 10.7 Å². The van der Waals surface area contributed by atoms with Gasteiger partial charge in [-0.2, -0.15) is 0 Å². The molecule has 0 aromatic heterocycles. The number of rotatable bonds is 5. The van der Waals surface area contributed by atoms with Crippen molar-refractivity contribution >= 4 is 5.96 Å². The first-order valence-corrected chi connectivity index (χ1v) is 5.54. The summed E-state index contributed by atoms with van der Waals surface area (Å²) in [5.41, 5.74) is 5.72. The van der Waals surface area contributed by atoms with E-state index in [0.29, 0.717) is 5.96 Å². The molecule has 0 fully saturated rings. The van der Waals surface area contributed by atoms with Gasteiger partial charge in [-0.15, -0.1) is 0 Å². The Hall–Kier alpha value is -0.730. The summed E-state index contributed by atoms with van der Waals surface area (Å²) in [6.07, 6.45) is 4.95. The van der Waals surface area contributed by atoms with Crippen LogP contribution in [0.5, 0.6) is 0 Å².